The number of carboxylic acids is 1. The summed E-state index contributed by atoms with van der Waals surface area (Å²) in [7, 11) is 0. The molecular formula is C29H32O5. The Labute approximate surface area is 201 Å². The molecule has 1 aliphatic carbocycles. The van der Waals surface area contributed by atoms with Gasteiger partial charge in [-0.2, -0.15) is 0 Å². The number of benzene rings is 3. The molecule has 3 aromatic rings. The van der Waals surface area contributed by atoms with Crippen LogP contribution in [0.1, 0.15) is 42.4 Å². The van der Waals surface area contributed by atoms with Gasteiger partial charge in [0.1, 0.15) is 0 Å². The summed E-state index contributed by atoms with van der Waals surface area (Å²) in [4.78, 5) is 12.6. The van der Waals surface area contributed by atoms with Gasteiger partial charge < -0.3 is 19.3 Å². The van der Waals surface area contributed by atoms with Crippen molar-refractivity contribution in [3.8, 4) is 0 Å². The maximum absolute atomic E-state index is 12.6. The molecule has 0 saturated heterocycles. The maximum atomic E-state index is 12.6. The van der Waals surface area contributed by atoms with E-state index in [1.54, 1.807) is 0 Å². The summed E-state index contributed by atoms with van der Waals surface area (Å²) >= 11 is 0. The third-order valence-electron chi connectivity index (χ3n) is 6.38. The zero-order chi connectivity index (χ0) is 23.6. The molecule has 0 radical (unpaired) electrons. The van der Waals surface area contributed by atoms with E-state index in [1.165, 1.54) is 0 Å². The summed E-state index contributed by atoms with van der Waals surface area (Å²) < 4.78 is 18.4. The highest BCUT2D eigenvalue weighted by Gasteiger charge is 2.46. The highest BCUT2D eigenvalue weighted by Crippen LogP contribution is 2.38. The van der Waals surface area contributed by atoms with Gasteiger partial charge in [-0.25, -0.2) is 4.79 Å². The largest absolute Gasteiger partial charge is 0.477 e. The maximum Gasteiger partial charge on any atom is 0.364 e. The van der Waals surface area contributed by atoms with Crippen molar-refractivity contribution in [3.63, 3.8) is 0 Å². The second-order valence-corrected chi connectivity index (χ2v) is 8.84. The zero-order valence-electron chi connectivity index (χ0n) is 19.3. The lowest BCUT2D eigenvalue weighted by atomic mass is 9.95. The molecule has 0 bridgehead atoms. The van der Waals surface area contributed by atoms with Crippen LogP contribution in [0.3, 0.4) is 0 Å². The van der Waals surface area contributed by atoms with Crippen molar-refractivity contribution >= 4 is 5.97 Å². The van der Waals surface area contributed by atoms with Gasteiger partial charge in [-0.3, -0.25) is 0 Å². The Bertz CT molecular complexity index is 963. The number of hydrogen-bond acceptors (Lipinski definition) is 4. The molecule has 5 nitrogen and oxygen atoms in total. The van der Waals surface area contributed by atoms with Crippen molar-refractivity contribution in [2.45, 2.75) is 57.4 Å². The van der Waals surface area contributed by atoms with Gasteiger partial charge in [-0.15, -0.1) is 0 Å². The van der Waals surface area contributed by atoms with E-state index in [0.717, 1.165) is 36.0 Å². The fourth-order valence-electron chi connectivity index (χ4n) is 4.50. The fraction of sp³-hybridized carbons (Fsp3) is 0.345. The Balaban J connectivity index is 1.49. The van der Waals surface area contributed by atoms with Crippen LogP contribution in [0.4, 0.5) is 0 Å². The minimum absolute atomic E-state index is 0.0282. The lowest BCUT2D eigenvalue weighted by molar-refractivity contribution is -0.262. The lowest BCUT2D eigenvalue weighted by Gasteiger charge is -2.33. The molecule has 4 rings (SSSR count). The van der Waals surface area contributed by atoms with E-state index >= 15 is 0 Å². The molecule has 0 heterocycles. The number of hydrogen-bond donors (Lipinski definition) is 1. The van der Waals surface area contributed by atoms with Crippen LogP contribution in [0.2, 0.25) is 0 Å². The summed E-state index contributed by atoms with van der Waals surface area (Å²) in [6, 6.07) is 29.2. The van der Waals surface area contributed by atoms with Crippen molar-refractivity contribution < 1.29 is 24.1 Å². The predicted octanol–water partition coefficient (Wildman–Crippen LogP) is 5.98. The second-order valence-electron chi connectivity index (χ2n) is 8.84. The normalized spacial score (nSPS) is 18.1. The zero-order valence-corrected chi connectivity index (χ0v) is 19.3. The molecule has 0 aliphatic heterocycles. The van der Waals surface area contributed by atoms with Crippen LogP contribution < -0.4 is 0 Å². The molecule has 0 aromatic heterocycles. The van der Waals surface area contributed by atoms with Crippen LogP contribution in [0.5, 0.6) is 0 Å². The van der Waals surface area contributed by atoms with E-state index < -0.39 is 11.8 Å². The fourth-order valence-corrected chi connectivity index (χ4v) is 4.50. The average Bonchev–Trinajstić information content (AvgIpc) is 3.33. The Kier molecular flexibility index (Phi) is 8.47. The molecule has 34 heavy (non-hydrogen) atoms. The Morgan fingerprint density at radius 1 is 0.735 bits per heavy atom. The summed E-state index contributed by atoms with van der Waals surface area (Å²) in [5, 5.41) is 10.3. The molecule has 1 fully saturated rings. The Morgan fingerprint density at radius 3 is 1.68 bits per heavy atom. The average molecular weight is 461 g/mol. The summed E-state index contributed by atoms with van der Waals surface area (Å²) in [6.45, 7) is 0.826. The predicted molar refractivity (Wildman–Crippen MR) is 130 cm³/mol. The molecule has 178 valence electrons. The van der Waals surface area contributed by atoms with Crippen LogP contribution in [0.25, 0.3) is 0 Å². The molecule has 1 saturated carbocycles. The van der Waals surface area contributed by atoms with E-state index in [4.69, 9.17) is 14.2 Å². The van der Waals surface area contributed by atoms with Gasteiger partial charge in [0.15, 0.2) is 0 Å². The van der Waals surface area contributed by atoms with Gasteiger partial charge in [0.05, 0.1) is 25.9 Å². The van der Waals surface area contributed by atoms with Gasteiger partial charge in [0.25, 0.3) is 5.79 Å². The molecule has 1 aliphatic rings. The SMILES string of the molecule is O=C(O)C(CC1CCCC1OCc1ccccc1)(OCc1ccccc1)OCc1ccccc1. The molecule has 2 unspecified atom stereocenters. The Morgan fingerprint density at radius 2 is 1.21 bits per heavy atom. The molecule has 1 N–H and O–H groups in total. The van der Waals surface area contributed by atoms with E-state index in [-0.39, 0.29) is 31.7 Å². The smallest absolute Gasteiger partial charge is 0.364 e. The molecular weight excluding hydrogens is 428 g/mol. The van der Waals surface area contributed by atoms with Crippen LogP contribution >= 0.6 is 0 Å². The van der Waals surface area contributed by atoms with E-state index in [9.17, 15) is 9.90 Å². The van der Waals surface area contributed by atoms with E-state index in [1.807, 2.05) is 91.0 Å². The first-order chi connectivity index (χ1) is 16.6. The summed E-state index contributed by atoms with van der Waals surface area (Å²) in [6.07, 6.45) is 3.00. The number of ether oxygens (including phenoxy) is 3. The first-order valence-corrected chi connectivity index (χ1v) is 11.9. The van der Waals surface area contributed by atoms with E-state index in [2.05, 4.69) is 0 Å². The first-order valence-electron chi connectivity index (χ1n) is 11.9. The lowest BCUT2D eigenvalue weighted by Crippen LogP contribution is -2.47. The van der Waals surface area contributed by atoms with Gasteiger partial charge in [-0.05, 0) is 35.4 Å². The summed E-state index contributed by atoms with van der Waals surface area (Å²) in [5.41, 5.74) is 2.91. The molecule has 5 heteroatoms. The van der Waals surface area contributed by atoms with Crippen LogP contribution in [-0.2, 0) is 38.8 Å². The van der Waals surface area contributed by atoms with Crippen molar-refractivity contribution in [1.29, 1.82) is 0 Å². The third kappa shape index (κ3) is 6.54. The monoisotopic (exact) mass is 460 g/mol. The number of rotatable bonds is 12. The summed E-state index contributed by atoms with van der Waals surface area (Å²) in [5.74, 6) is -2.82. The van der Waals surface area contributed by atoms with Crippen LogP contribution in [0, 0.1) is 5.92 Å². The van der Waals surface area contributed by atoms with Crippen molar-refractivity contribution in [2.24, 2.45) is 5.92 Å². The van der Waals surface area contributed by atoms with Gasteiger partial charge >= 0.3 is 5.97 Å². The van der Waals surface area contributed by atoms with Crippen LogP contribution in [0.15, 0.2) is 91.0 Å². The third-order valence-corrected chi connectivity index (χ3v) is 6.38. The highest BCUT2D eigenvalue weighted by molar-refractivity contribution is 5.75. The highest BCUT2D eigenvalue weighted by atomic mass is 16.7. The molecule has 0 amide bonds. The van der Waals surface area contributed by atoms with Gasteiger partial charge in [0, 0.05) is 6.42 Å². The van der Waals surface area contributed by atoms with Crippen molar-refractivity contribution in [3.05, 3.63) is 108 Å². The number of carbonyl (C=O) groups is 1. The van der Waals surface area contributed by atoms with Gasteiger partial charge in [0.2, 0.25) is 0 Å². The number of carboxylic acid groups (broad SMARTS) is 1. The molecule has 3 aromatic carbocycles. The van der Waals surface area contributed by atoms with Gasteiger partial charge in [-0.1, -0.05) is 97.4 Å². The first kappa shape index (κ1) is 24.1. The topological polar surface area (TPSA) is 65.0 Å². The molecule has 0 spiro atoms. The second kappa shape index (κ2) is 11.9. The minimum atomic E-state index is -1.75. The van der Waals surface area contributed by atoms with Crippen molar-refractivity contribution in [2.75, 3.05) is 0 Å². The quantitative estimate of drug-likeness (QED) is 0.337. The van der Waals surface area contributed by atoms with E-state index in [0.29, 0.717) is 6.61 Å². The van der Waals surface area contributed by atoms with Crippen molar-refractivity contribution in [1.82, 2.24) is 0 Å². The minimum Gasteiger partial charge on any atom is -0.477 e. The molecule has 2 atom stereocenters. The number of aliphatic carboxylic acids is 1. The Hall–Kier alpha value is -2.99. The van der Waals surface area contributed by atoms with Crippen LogP contribution in [-0.4, -0.2) is 23.0 Å². The standard InChI is InChI=1S/C29H32O5/c30-28(31)29(33-21-24-13-6-2-7-14-24,34-22-25-15-8-3-9-16-25)19-26-17-10-18-27(26)32-20-23-11-4-1-5-12-23/h1-9,11-16,26-27H,10,17-22H2,(H,30,31).